The smallest absolute Gasteiger partial charge is 0.387 e. The number of benzene rings is 2. The first-order valence-corrected chi connectivity index (χ1v) is 10.6. The molecule has 0 atom stereocenters. The van der Waals surface area contributed by atoms with E-state index in [1.165, 1.54) is 36.6 Å². The highest BCUT2D eigenvalue weighted by atomic mass is 32.1. The second-order valence-electron chi connectivity index (χ2n) is 6.60. The number of methoxy groups -OCH3 is 2. The van der Waals surface area contributed by atoms with Gasteiger partial charge in [-0.3, -0.25) is 0 Å². The van der Waals surface area contributed by atoms with E-state index >= 15 is 0 Å². The molecule has 0 saturated heterocycles. The zero-order valence-electron chi connectivity index (χ0n) is 17.9. The Labute approximate surface area is 195 Å². The molecule has 0 radical (unpaired) electrons. The molecule has 34 heavy (non-hydrogen) atoms. The molecule has 0 amide bonds. The molecule has 4 aromatic rings. The van der Waals surface area contributed by atoms with Gasteiger partial charge in [-0.05, 0) is 42.5 Å². The number of ether oxygens (including phenoxy) is 4. The molecule has 0 aliphatic heterocycles. The summed E-state index contributed by atoms with van der Waals surface area (Å²) in [5.41, 5.74) is 1.42. The van der Waals surface area contributed by atoms with Gasteiger partial charge in [-0.15, -0.1) is 11.3 Å². The fraction of sp³-hybridized carbons (Fsp3) is 0.182. The van der Waals surface area contributed by atoms with Crippen molar-refractivity contribution in [2.45, 2.75) is 13.2 Å². The molecular weight excluding hydrogens is 472 g/mol. The fourth-order valence-electron chi connectivity index (χ4n) is 2.87. The van der Waals surface area contributed by atoms with Crippen LogP contribution >= 0.6 is 11.3 Å². The SMILES string of the molecule is COc1ccc(-c2nc(C(=O)OCc3nc(-c4ccc(OC(F)F)c(OC)c4)no3)cs2)cc1. The van der Waals surface area contributed by atoms with E-state index < -0.39 is 12.6 Å². The topological polar surface area (TPSA) is 106 Å². The van der Waals surface area contributed by atoms with Gasteiger partial charge in [-0.2, -0.15) is 13.8 Å². The Kier molecular flexibility index (Phi) is 6.97. The molecule has 0 aliphatic carbocycles. The van der Waals surface area contributed by atoms with Gasteiger partial charge >= 0.3 is 12.6 Å². The number of aromatic nitrogens is 3. The van der Waals surface area contributed by atoms with Crippen molar-refractivity contribution in [2.24, 2.45) is 0 Å². The minimum atomic E-state index is -2.99. The zero-order valence-corrected chi connectivity index (χ0v) is 18.7. The average Bonchev–Trinajstić information content (AvgIpc) is 3.53. The van der Waals surface area contributed by atoms with E-state index in [-0.39, 0.29) is 35.5 Å². The Balaban J connectivity index is 1.39. The van der Waals surface area contributed by atoms with Crippen molar-refractivity contribution in [3.63, 3.8) is 0 Å². The second-order valence-corrected chi connectivity index (χ2v) is 7.46. The van der Waals surface area contributed by atoms with Gasteiger partial charge in [0.05, 0.1) is 14.2 Å². The van der Waals surface area contributed by atoms with Crippen LogP contribution in [0.1, 0.15) is 16.4 Å². The van der Waals surface area contributed by atoms with E-state index in [9.17, 15) is 13.6 Å². The van der Waals surface area contributed by atoms with Crippen LogP contribution in [0.2, 0.25) is 0 Å². The lowest BCUT2D eigenvalue weighted by molar-refractivity contribution is -0.0512. The van der Waals surface area contributed by atoms with Gasteiger partial charge < -0.3 is 23.5 Å². The van der Waals surface area contributed by atoms with E-state index in [0.29, 0.717) is 10.6 Å². The summed E-state index contributed by atoms with van der Waals surface area (Å²) in [6.07, 6.45) is 0. The summed E-state index contributed by atoms with van der Waals surface area (Å²) in [4.78, 5) is 20.8. The van der Waals surface area contributed by atoms with Crippen LogP contribution in [0.3, 0.4) is 0 Å². The summed E-state index contributed by atoms with van der Waals surface area (Å²) in [7, 11) is 2.90. The quantitative estimate of drug-likeness (QED) is 0.306. The normalized spacial score (nSPS) is 10.9. The van der Waals surface area contributed by atoms with E-state index in [0.717, 1.165) is 11.3 Å². The maximum Gasteiger partial charge on any atom is 0.387 e. The number of rotatable bonds is 9. The van der Waals surface area contributed by atoms with Gasteiger partial charge in [-0.25, -0.2) is 9.78 Å². The number of thiazole rings is 1. The van der Waals surface area contributed by atoms with Gasteiger partial charge in [-0.1, -0.05) is 5.16 Å². The fourth-order valence-corrected chi connectivity index (χ4v) is 3.66. The molecule has 0 spiro atoms. The largest absolute Gasteiger partial charge is 0.497 e. The van der Waals surface area contributed by atoms with Crippen LogP contribution in [0, 0.1) is 0 Å². The molecule has 4 rings (SSSR count). The van der Waals surface area contributed by atoms with Crippen LogP contribution in [0.5, 0.6) is 17.2 Å². The first-order valence-electron chi connectivity index (χ1n) is 9.69. The monoisotopic (exact) mass is 489 g/mol. The number of halogens is 2. The van der Waals surface area contributed by atoms with Gasteiger partial charge in [0.1, 0.15) is 10.8 Å². The van der Waals surface area contributed by atoms with Crippen molar-refractivity contribution in [3.05, 3.63) is 59.4 Å². The summed E-state index contributed by atoms with van der Waals surface area (Å²) in [6, 6.07) is 11.5. The number of hydrogen-bond acceptors (Lipinski definition) is 10. The molecule has 0 saturated carbocycles. The molecule has 0 fully saturated rings. The van der Waals surface area contributed by atoms with Crippen molar-refractivity contribution in [1.82, 2.24) is 15.1 Å². The molecule has 0 unspecified atom stereocenters. The molecule has 0 aliphatic rings. The lowest BCUT2D eigenvalue weighted by Crippen LogP contribution is -2.06. The average molecular weight is 489 g/mol. The summed E-state index contributed by atoms with van der Waals surface area (Å²) in [5, 5.41) is 6.06. The number of hydrogen-bond donors (Lipinski definition) is 0. The van der Waals surface area contributed by atoms with E-state index in [2.05, 4.69) is 19.9 Å². The van der Waals surface area contributed by atoms with Crippen molar-refractivity contribution in [3.8, 4) is 39.2 Å². The van der Waals surface area contributed by atoms with Gasteiger partial charge in [0.25, 0.3) is 5.89 Å². The van der Waals surface area contributed by atoms with Gasteiger partial charge in [0.15, 0.2) is 23.8 Å². The van der Waals surface area contributed by atoms with Gasteiger partial charge in [0, 0.05) is 16.5 Å². The maximum absolute atomic E-state index is 12.5. The number of alkyl halides is 2. The number of esters is 1. The van der Waals surface area contributed by atoms with Gasteiger partial charge in [0.2, 0.25) is 5.82 Å². The molecule has 12 heteroatoms. The second kappa shape index (κ2) is 10.3. The zero-order chi connectivity index (χ0) is 24.1. The van der Waals surface area contributed by atoms with Crippen LogP contribution in [0.15, 0.2) is 52.4 Å². The van der Waals surface area contributed by atoms with Crippen molar-refractivity contribution in [2.75, 3.05) is 14.2 Å². The molecular formula is C22H17F2N3O6S. The number of nitrogens with zero attached hydrogens (tertiary/aromatic N) is 3. The Morgan fingerprint density at radius 2 is 1.79 bits per heavy atom. The molecule has 2 aromatic carbocycles. The third kappa shape index (κ3) is 5.29. The third-order valence-corrected chi connectivity index (χ3v) is 5.37. The summed E-state index contributed by atoms with van der Waals surface area (Å²) < 4.78 is 49.9. The Morgan fingerprint density at radius 3 is 2.50 bits per heavy atom. The van der Waals surface area contributed by atoms with Crippen LogP contribution in [-0.4, -0.2) is 41.9 Å². The van der Waals surface area contributed by atoms with E-state index in [1.54, 1.807) is 24.6 Å². The molecule has 9 nitrogen and oxygen atoms in total. The van der Waals surface area contributed by atoms with Crippen LogP contribution in [-0.2, 0) is 11.3 Å². The minimum Gasteiger partial charge on any atom is -0.497 e. The minimum absolute atomic E-state index is 0.0424. The highest BCUT2D eigenvalue weighted by Crippen LogP contribution is 2.32. The van der Waals surface area contributed by atoms with Crippen molar-refractivity contribution in [1.29, 1.82) is 0 Å². The molecule has 2 heterocycles. The Morgan fingerprint density at radius 1 is 1.03 bits per heavy atom. The highest BCUT2D eigenvalue weighted by molar-refractivity contribution is 7.13. The number of carbonyl (C=O) groups is 1. The van der Waals surface area contributed by atoms with Crippen molar-refractivity contribution < 1.29 is 37.0 Å². The summed E-state index contributed by atoms with van der Waals surface area (Å²) >= 11 is 1.30. The van der Waals surface area contributed by atoms with E-state index in [1.807, 2.05) is 12.1 Å². The highest BCUT2D eigenvalue weighted by Gasteiger charge is 2.18. The predicted molar refractivity (Wildman–Crippen MR) is 116 cm³/mol. The predicted octanol–water partition coefficient (Wildman–Crippen LogP) is 4.84. The van der Waals surface area contributed by atoms with Crippen LogP contribution in [0.25, 0.3) is 22.0 Å². The van der Waals surface area contributed by atoms with Crippen molar-refractivity contribution >= 4 is 17.3 Å². The third-order valence-electron chi connectivity index (χ3n) is 4.48. The Bertz CT molecular complexity index is 1280. The lowest BCUT2D eigenvalue weighted by atomic mass is 10.2. The maximum atomic E-state index is 12.5. The van der Waals surface area contributed by atoms with Crippen LogP contribution in [0.4, 0.5) is 8.78 Å². The first-order chi connectivity index (χ1) is 16.5. The molecule has 0 N–H and O–H groups in total. The summed E-state index contributed by atoms with van der Waals surface area (Å²) in [5.74, 6) is 0.216. The first kappa shape index (κ1) is 23.1. The Hall–Kier alpha value is -4.06. The molecule has 176 valence electrons. The van der Waals surface area contributed by atoms with Crippen LogP contribution < -0.4 is 14.2 Å². The number of carbonyl (C=O) groups excluding carboxylic acids is 1. The lowest BCUT2D eigenvalue weighted by Gasteiger charge is -2.10. The molecule has 0 bridgehead atoms. The standard InChI is InChI=1S/C22H17F2N3O6S/c1-29-14-6-3-12(4-7-14)20-25-15(11-34-20)21(28)31-10-18-26-19(27-33-18)13-5-8-16(32-22(23)24)17(9-13)30-2/h3-9,11,22H,10H2,1-2H3. The van der Waals surface area contributed by atoms with E-state index in [4.69, 9.17) is 18.7 Å². The molecule has 2 aromatic heterocycles. The summed E-state index contributed by atoms with van der Waals surface area (Å²) in [6.45, 7) is -3.26.